The molecule has 2 rings (SSSR count). The quantitative estimate of drug-likeness (QED) is 0.919. The number of benzene rings is 1. The molecular weight excluding hydrogens is 288 g/mol. The molecule has 1 aliphatic carbocycles. The van der Waals surface area contributed by atoms with Crippen LogP contribution < -0.4 is 0 Å². The molecule has 0 radical (unpaired) electrons. The molecule has 1 aromatic rings. The highest BCUT2D eigenvalue weighted by atomic mass is 32.2. The van der Waals surface area contributed by atoms with Crippen LogP contribution in [0, 0.1) is 18.3 Å². The van der Waals surface area contributed by atoms with Gasteiger partial charge in [-0.2, -0.15) is 9.57 Å². The number of sulfonamides is 1. The molecule has 0 saturated heterocycles. The molecule has 0 aromatic heterocycles. The van der Waals surface area contributed by atoms with Crippen LogP contribution in [-0.4, -0.2) is 37.0 Å². The first kappa shape index (κ1) is 16.0. The average Bonchev–Trinajstić information content (AvgIpc) is 2.85. The number of aryl methyl sites for hydroxylation is 1. The molecular formula is C15H20N2O3S. The molecule has 0 atom stereocenters. The number of rotatable bonds is 4. The third-order valence-corrected chi connectivity index (χ3v) is 6.00. The van der Waals surface area contributed by atoms with Crippen molar-refractivity contribution in [3.05, 3.63) is 29.3 Å². The molecule has 0 bridgehead atoms. The summed E-state index contributed by atoms with van der Waals surface area (Å²) in [7, 11) is -2.23. The molecule has 114 valence electrons. The first-order valence-corrected chi connectivity index (χ1v) is 8.42. The molecule has 5 nitrogen and oxygen atoms in total. The summed E-state index contributed by atoms with van der Waals surface area (Å²) >= 11 is 0. The first-order valence-electron chi connectivity index (χ1n) is 6.98. The van der Waals surface area contributed by atoms with Gasteiger partial charge in [-0.05, 0) is 37.5 Å². The van der Waals surface area contributed by atoms with E-state index in [0.717, 1.165) is 12.8 Å². The van der Waals surface area contributed by atoms with E-state index in [9.17, 15) is 13.5 Å². The van der Waals surface area contributed by atoms with E-state index in [1.165, 1.54) is 17.4 Å². The Morgan fingerprint density at radius 3 is 2.57 bits per heavy atom. The van der Waals surface area contributed by atoms with E-state index in [4.69, 9.17) is 5.26 Å². The van der Waals surface area contributed by atoms with Gasteiger partial charge >= 0.3 is 0 Å². The van der Waals surface area contributed by atoms with E-state index < -0.39 is 15.6 Å². The number of hydrogen-bond donors (Lipinski definition) is 1. The standard InChI is InChI=1S/C15H20N2O3S/c1-12-5-6-13(10-16)9-14(12)21(19,20)17(2)11-15(18)7-3-4-8-15/h5-6,9,18H,3-4,7-8,11H2,1-2H3. The van der Waals surface area contributed by atoms with Crippen LogP contribution in [0.5, 0.6) is 0 Å². The zero-order chi connectivity index (χ0) is 15.7. The zero-order valence-electron chi connectivity index (χ0n) is 12.3. The maximum absolute atomic E-state index is 12.7. The van der Waals surface area contributed by atoms with Crippen molar-refractivity contribution >= 4 is 10.0 Å². The summed E-state index contributed by atoms with van der Waals surface area (Å²) in [5.41, 5.74) is -0.0193. The first-order chi connectivity index (χ1) is 9.78. The van der Waals surface area contributed by atoms with Crippen molar-refractivity contribution in [1.82, 2.24) is 4.31 Å². The number of nitriles is 1. The van der Waals surface area contributed by atoms with Crippen molar-refractivity contribution in [3.8, 4) is 6.07 Å². The fourth-order valence-electron chi connectivity index (χ4n) is 2.81. The van der Waals surface area contributed by atoms with Crippen molar-refractivity contribution in [2.45, 2.75) is 43.1 Å². The lowest BCUT2D eigenvalue weighted by molar-refractivity contribution is 0.0333. The number of nitrogens with zero attached hydrogens (tertiary/aromatic N) is 2. The predicted molar refractivity (Wildman–Crippen MR) is 79.1 cm³/mol. The van der Waals surface area contributed by atoms with Crippen molar-refractivity contribution in [1.29, 1.82) is 5.26 Å². The van der Waals surface area contributed by atoms with Crippen molar-refractivity contribution in [3.63, 3.8) is 0 Å². The van der Waals surface area contributed by atoms with Gasteiger partial charge in [-0.1, -0.05) is 18.9 Å². The second-order valence-corrected chi connectivity index (χ2v) is 7.80. The van der Waals surface area contributed by atoms with E-state index in [2.05, 4.69) is 0 Å². The van der Waals surface area contributed by atoms with E-state index in [1.807, 2.05) is 6.07 Å². The number of likely N-dealkylation sites (N-methyl/N-ethyl adjacent to an activating group) is 1. The van der Waals surface area contributed by atoms with E-state index >= 15 is 0 Å². The van der Waals surface area contributed by atoms with Gasteiger partial charge in [0.1, 0.15) is 0 Å². The molecule has 1 aliphatic rings. The lowest BCUT2D eigenvalue weighted by Gasteiger charge is -2.28. The molecule has 1 fully saturated rings. The van der Waals surface area contributed by atoms with Gasteiger partial charge in [-0.3, -0.25) is 0 Å². The van der Waals surface area contributed by atoms with Gasteiger partial charge in [0.05, 0.1) is 22.1 Å². The summed E-state index contributed by atoms with van der Waals surface area (Å²) < 4.78 is 26.5. The van der Waals surface area contributed by atoms with Gasteiger partial charge in [-0.25, -0.2) is 8.42 Å². The van der Waals surface area contributed by atoms with E-state index in [-0.39, 0.29) is 11.4 Å². The predicted octanol–water partition coefficient (Wildman–Crippen LogP) is 1.79. The summed E-state index contributed by atoms with van der Waals surface area (Å²) in [4.78, 5) is 0.130. The summed E-state index contributed by atoms with van der Waals surface area (Å²) in [6.45, 7) is 1.79. The summed E-state index contributed by atoms with van der Waals surface area (Å²) in [5.74, 6) is 0. The summed E-state index contributed by atoms with van der Waals surface area (Å²) in [5, 5.41) is 19.3. The molecule has 0 aliphatic heterocycles. The van der Waals surface area contributed by atoms with Crippen LogP contribution in [0.25, 0.3) is 0 Å². The van der Waals surface area contributed by atoms with Gasteiger partial charge in [-0.15, -0.1) is 0 Å². The molecule has 0 unspecified atom stereocenters. The fourth-order valence-corrected chi connectivity index (χ4v) is 4.30. The Hall–Kier alpha value is -1.42. The molecule has 1 saturated carbocycles. The molecule has 0 amide bonds. The Kier molecular flexibility index (Phi) is 4.38. The lowest BCUT2D eigenvalue weighted by Crippen LogP contribution is -2.42. The molecule has 1 N–H and O–H groups in total. The summed E-state index contributed by atoms with van der Waals surface area (Å²) in [6, 6.07) is 6.57. The average molecular weight is 308 g/mol. The lowest BCUT2D eigenvalue weighted by atomic mass is 10.0. The topological polar surface area (TPSA) is 81.4 Å². The molecule has 1 aromatic carbocycles. The second kappa shape index (κ2) is 5.76. The van der Waals surface area contributed by atoms with Crippen LogP contribution in [0.3, 0.4) is 0 Å². The SMILES string of the molecule is Cc1ccc(C#N)cc1S(=O)(=O)N(C)CC1(O)CCCC1. The minimum Gasteiger partial charge on any atom is -0.389 e. The Morgan fingerprint density at radius 2 is 2.00 bits per heavy atom. The van der Waals surface area contributed by atoms with Gasteiger partial charge in [0.15, 0.2) is 0 Å². The third-order valence-electron chi connectivity index (χ3n) is 4.06. The van der Waals surface area contributed by atoms with E-state index in [0.29, 0.717) is 24.0 Å². The van der Waals surface area contributed by atoms with Crippen LogP contribution in [0.15, 0.2) is 23.1 Å². The monoisotopic (exact) mass is 308 g/mol. The third kappa shape index (κ3) is 3.26. The van der Waals surface area contributed by atoms with Crippen LogP contribution in [0.2, 0.25) is 0 Å². The van der Waals surface area contributed by atoms with Crippen LogP contribution in [0.1, 0.15) is 36.8 Å². The largest absolute Gasteiger partial charge is 0.389 e. The van der Waals surface area contributed by atoms with Gasteiger partial charge in [0.2, 0.25) is 10.0 Å². The smallest absolute Gasteiger partial charge is 0.243 e. The Bertz CT molecular complexity index is 671. The number of hydrogen-bond acceptors (Lipinski definition) is 4. The van der Waals surface area contributed by atoms with Crippen LogP contribution >= 0.6 is 0 Å². The Labute approximate surface area is 125 Å². The second-order valence-electron chi connectivity index (χ2n) is 5.78. The van der Waals surface area contributed by atoms with Crippen molar-refractivity contribution in [2.75, 3.05) is 13.6 Å². The van der Waals surface area contributed by atoms with E-state index in [1.54, 1.807) is 19.1 Å². The zero-order valence-corrected chi connectivity index (χ0v) is 13.2. The number of aliphatic hydroxyl groups is 1. The maximum Gasteiger partial charge on any atom is 0.243 e. The van der Waals surface area contributed by atoms with Crippen molar-refractivity contribution in [2.24, 2.45) is 0 Å². The highest BCUT2D eigenvalue weighted by molar-refractivity contribution is 7.89. The van der Waals surface area contributed by atoms with Crippen LogP contribution in [0.4, 0.5) is 0 Å². The molecule has 21 heavy (non-hydrogen) atoms. The van der Waals surface area contributed by atoms with Crippen molar-refractivity contribution < 1.29 is 13.5 Å². The van der Waals surface area contributed by atoms with Gasteiger partial charge in [0.25, 0.3) is 0 Å². The Balaban J connectivity index is 2.31. The fraction of sp³-hybridized carbons (Fsp3) is 0.533. The van der Waals surface area contributed by atoms with Crippen LogP contribution in [-0.2, 0) is 10.0 Å². The maximum atomic E-state index is 12.7. The Morgan fingerprint density at radius 1 is 1.38 bits per heavy atom. The molecule has 0 heterocycles. The normalized spacial score (nSPS) is 17.9. The highest BCUT2D eigenvalue weighted by Gasteiger charge is 2.36. The highest BCUT2D eigenvalue weighted by Crippen LogP contribution is 2.31. The minimum atomic E-state index is -3.71. The molecule has 0 spiro atoms. The van der Waals surface area contributed by atoms with Gasteiger partial charge in [0, 0.05) is 13.6 Å². The minimum absolute atomic E-state index is 0.0888. The molecule has 6 heteroatoms. The van der Waals surface area contributed by atoms with Gasteiger partial charge < -0.3 is 5.11 Å². The summed E-state index contributed by atoms with van der Waals surface area (Å²) in [6.07, 6.45) is 3.11.